The number of hydrogen-bond acceptors (Lipinski definition) is 2. The van der Waals surface area contributed by atoms with Crippen LogP contribution >= 0.6 is 12.4 Å². The summed E-state index contributed by atoms with van der Waals surface area (Å²) in [7, 11) is 0. The van der Waals surface area contributed by atoms with Crippen molar-refractivity contribution in [2.45, 2.75) is 33.2 Å². The molecule has 0 aliphatic carbocycles. The Morgan fingerprint density at radius 1 is 1.37 bits per heavy atom. The van der Waals surface area contributed by atoms with Gasteiger partial charge in [-0.1, -0.05) is 31.2 Å². The molecule has 1 aromatic rings. The van der Waals surface area contributed by atoms with Gasteiger partial charge in [-0.3, -0.25) is 4.79 Å². The number of benzene rings is 1. The lowest BCUT2D eigenvalue weighted by atomic mass is 9.88. The molecular formula is C15H23ClN2O. The topological polar surface area (TPSA) is 41.1 Å². The van der Waals surface area contributed by atoms with Gasteiger partial charge in [0, 0.05) is 13.1 Å². The van der Waals surface area contributed by atoms with Crippen LogP contribution in [0.4, 0.5) is 0 Å². The van der Waals surface area contributed by atoms with Gasteiger partial charge in [0.1, 0.15) is 0 Å². The summed E-state index contributed by atoms with van der Waals surface area (Å²) in [5.41, 5.74) is 2.30. The van der Waals surface area contributed by atoms with Crippen LogP contribution in [-0.2, 0) is 17.8 Å². The molecule has 0 radical (unpaired) electrons. The molecule has 0 bridgehead atoms. The highest BCUT2D eigenvalue weighted by Crippen LogP contribution is 2.24. The summed E-state index contributed by atoms with van der Waals surface area (Å²) in [6, 6.07) is 8.29. The van der Waals surface area contributed by atoms with E-state index in [9.17, 15) is 4.79 Å². The summed E-state index contributed by atoms with van der Waals surface area (Å²) < 4.78 is 0. The molecule has 1 heterocycles. The maximum atomic E-state index is 12.2. The number of nitrogens with one attached hydrogen (secondary N) is 2. The highest BCUT2D eigenvalue weighted by atomic mass is 35.5. The van der Waals surface area contributed by atoms with E-state index in [1.54, 1.807) is 0 Å². The first kappa shape index (κ1) is 16.0. The van der Waals surface area contributed by atoms with Gasteiger partial charge in [-0.15, -0.1) is 12.4 Å². The molecule has 0 spiro atoms. The van der Waals surface area contributed by atoms with E-state index in [0.29, 0.717) is 6.54 Å². The van der Waals surface area contributed by atoms with Crippen LogP contribution in [0.25, 0.3) is 0 Å². The minimum atomic E-state index is -0.235. The van der Waals surface area contributed by atoms with Gasteiger partial charge in [0.05, 0.1) is 5.41 Å². The second-order valence-electron chi connectivity index (χ2n) is 5.29. The zero-order chi connectivity index (χ0) is 13.0. The molecular weight excluding hydrogens is 260 g/mol. The first-order valence-electron chi connectivity index (χ1n) is 6.71. The van der Waals surface area contributed by atoms with Crippen molar-refractivity contribution in [3.05, 3.63) is 35.4 Å². The summed E-state index contributed by atoms with van der Waals surface area (Å²) in [6.45, 7) is 6.54. The highest BCUT2D eigenvalue weighted by Gasteiger charge is 2.35. The van der Waals surface area contributed by atoms with Gasteiger partial charge in [0.2, 0.25) is 5.91 Å². The molecule has 0 aromatic heterocycles. The van der Waals surface area contributed by atoms with Crippen LogP contribution in [0, 0.1) is 5.41 Å². The van der Waals surface area contributed by atoms with Crippen molar-refractivity contribution in [1.82, 2.24) is 10.6 Å². The third-order valence-corrected chi connectivity index (χ3v) is 3.86. The van der Waals surface area contributed by atoms with E-state index < -0.39 is 0 Å². The van der Waals surface area contributed by atoms with Crippen molar-refractivity contribution in [2.24, 2.45) is 5.41 Å². The van der Waals surface area contributed by atoms with Crippen LogP contribution < -0.4 is 10.6 Å². The Morgan fingerprint density at radius 2 is 2.05 bits per heavy atom. The molecule has 1 atom stereocenters. The van der Waals surface area contributed by atoms with Gasteiger partial charge < -0.3 is 10.6 Å². The molecule has 4 heteroatoms. The molecule has 1 amide bonds. The van der Waals surface area contributed by atoms with Crippen LogP contribution in [0.15, 0.2) is 24.3 Å². The zero-order valence-corrected chi connectivity index (χ0v) is 12.5. The Morgan fingerprint density at radius 3 is 2.63 bits per heavy atom. The number of amides is 1. The molecule has 3 nitrogen and oxygen atoms in total. The highest BCUT2D eigenvalue weighted by molar-refractivity contribution is 5.85. The summed E-state index contributed by atoms with van der Waals surface area (Å²) in [5, 5.41) is 6.33. The van der Waals surface area contributed by atoms with Crippen molar-refractivity contribution in [3.63, 3.8) is 0 Å². The van der Waals surface area contributed by atoms with Gasteiger partial charge in [0.15, 0.2) is 0 Å². The van der Waals surface area contributed by atoms with Crippen LogP contribution in [0.3, 0.4) is 0 Å². The standard InChI is InChI=1S/C15H22N2O.ClH/c1-3-12-6-4-5-7-13(12)10-17-14(18)15(2)8-9-16-11-15;/h4-7,16H,3,8-11H2,1-2H3,(H,17,18);1H. The third kappa shape index (κ3) is 3.71. The Bertz CT molecular complexity index is 428. The number of rotatable bonds is 4. The van der Waals surface area contributed by atoms with Gasteiger partial charge in [-0.05, 0) is 37.4 Å². The van der Waals surface area contributed by atoms with Crippen molar-refractivity contribution >= 4 is 18.3 Å². The minimum Gasteiger partial charge on any atom is -0.352 e. The van der Waals surface area contributed by atoms with Crippen molar-refractivity contribution in [1.29, 1.82) is 0 Å². The van der Waals surface area contributed by atoms with E-state index in [2.05, 4.69) is 29.7 Å². The SMILES string of the molecule is CCc1ccccc1CNC(=O)C1(C)CCNC1.Cl. The van der Waals surface area contributed by atoms with Crippen molar-refractivity contribution in [3.8, 4) is 0 Å². The number of aryl methyl sites for hydroxylation is 1. The normalized spacial score (nSPS) is 21.8. The summed E-state index contributed by atoms with van der Waals surface area (Å²) in [6.07, 6.45) is 1.93. The zero-order valence-electron chi connectivity index (χ0n) is 11.7. The number of halogens is 1. The lowest BCUT2D eigenvalue weighted by Crippen LogP contribution is -2.40. The molecule has 1 aliphatic rings. The maximum absolute atomic E-state index is 12.2. The molecule has 106 valence electrons. The fourth-order valence-electron chi connectivity index (χ4n) is 2.47. The summed E-state index contributed by atoms with van der Waals surface area (Å²) >= 11 is 0. The molecule has 1 aromatic carbocycles. The lowest BCUT2D eigenvalue weighted by Gasteiger charge is -2.21. The molecule has 1 aliphatic heterocycles. The molecule has 1 saturated heterocycles. The number of carbonyl (C=O) groups excluding carboxylic acids is 1. The third-order valence-electron chi connectivity index (χ3n) is 3.86. The fraction of sp³-hybridized carbons (Fsp3) is 0.533. The maximum Gasteiger partial charge on any atom is 0.227 e. The average Bonchev–Trinajstić information content (AvgIpc) is 2.84. The minimum absolute atomic E-state index is 0. The molecule has 2 N–H and O–H groups in total. The van der Waals surface area contributed by atoms with E-state index >= 15 is 0 Å². The second kappa shape index (κ2) is 6.92. The second-order valence-corrected chi connectivity index (χ2v) is 5.29. The van der Waals surface area contributed by atoms with Crippen LogP contribution in [0.5, 0.6) is 0 Å². The predicted octanol–water partition coefficient (Wildman–Crippen LogP) is 2.29. The lowest BCUT2D eigenvalue weighted by molar-refractivity contribution is -0.129. The van der Waals surface area contributed by atoms with Gasteiger partial charge in [-0.25, -0.2) is 0 Å². The Labute approximate surface area is 121 Å². The van der Waals surface area contributed by atoms with Gasteiger partial charge in [-0.2, -0.15) is 0 Å². The molecule has 1 fully saturated rings. The number of carbonyl (C=O) groups is 1. The van der Waals surface area contributed by atoms with Crippen LogP contribution in [0.1, 0.15) is 31.4 Å². The quantitative estimate of drug-likeness (QED) is 0.890. The van der Waals surface area contributed by atoms with Crippen molar-refractivity contribution in [2.75, 3.05) is 13.1 Å². The first-order chi connectivity index (χ1) is 8.65. The van der Waals surface area contributed by atoms with Crippen LogP contribution in [-0.4, -0.2) is 19.0 Å². The van der Waals surface area contributed by atoms with E-state index in [1.807, 2.05) is 19.1 Å². The van der Waals surface area contributed by atoms with E-state index in [0.717, 1.165) is 25.9 Å². The Balaban J connectivity index is 0.00000180. The van der Waals surface area contributed by atoms with Gasteiger partial charge in [0.25, 0.3) is 0 Å². The average molecular weight is 283 g/mol. The van der Waals surface area contributed by atoms with Crippen molar-refractivity contribution < 1.29 is 4.79 Å². The fourth-order valence-corrected chi connectivity index (χ4v) is 2.47. The largest absolute Gasteiger partial charge is 0.352 e. The summed E-state index contributed by atoms with van der Waals surface area (Å²) in [5.74, 6) is 0.165. The predicted molar refractivity (Wildman–Crippen MR) is 80.5 cm³/mol. The van der Waals surface area contributed by atoms with Crippen LogP contribution in [0.2, 0.25) is 0 Å². The first-order valence-corrected chi connectivity index (χ1v) is 6.71. The molecule has 1 unspecified atom stereocenters. The molecule has 19 heavy (non-hydrogen) atoms. The van der Waals surface area contributed by atoms with E-state index in [-0.39, 0.29) is 23.7 Å². The number of hydrogen-bond donors (Lipinski definition) is 2. The van der Waals surface area contributed by atoms with E-state index in [4.69, 9.17) is 0 Å². The monoisotopic (exact) mass is 282 g/mol. The smallest absolute Gasteiger partial charge is 0.227 e. The summed E-state index contributed by atoms with van der Waals surface area (Å²) in [4.78, 5) is 12.2. The Kier molecular flexibility index (Phi) is 5.83. The van der Waals surface area contributed by atoms with Gasteiger partial charge >= 0.3 is 0 Å². The molecule has 0 saturated carbocycles. The van der Waals surface area contributed by atoms with E-state index in [1.165, 1.54) is 11.1 Å². The molecule has 2 rings (SSSR count). The Hall–Kier alpha value is -1.06.